The predicted octanol–water partition coefficient (Wildman–Crippen LogP) is 3.01. The summed E-state index contributed by atoms with van der Waals surface area (Å²) in [5, 5.41) is 7.61. The first kappa shape index (κ1) is 18.5. The molecule has 0 radical (unpaired) electrons. The lowest BCUT2D eigenvalue weighted by Crippen LogP contribution is -2.51. The Balaban J connectivity index is 1.41. The van der Waals surface area contributed by atoms with Gasteiger partial charge < -0.3 is 15.0 Å². The van der Waals surface area contributed by atoms with Crippen molar-refractivity contribution in [1.29, 1.82) is 0 Å². The summed E-state index contributed by atoms with van der Waals surface area (Å²) in [5.41, 5.74) is 3.51. The van der Waals surface area contributed by atoms with Gasteiger partial charge in [-0.3, -0.25) is 9.48 Å². The van der Waals surface area contributed by atoms with Crippen LogP contribution in [0.2, 0.25) is 5.02 Å². The van der Waals surface area contributed by atoms with Crippen LogP contribution in [-0.2, 0) is 18.2 Å². The maximum Gasteiger partial charge on any atom is 0.407 e. The van der Waals surface area contributed by atoms with E-state index < -0.39 is 0 Å². The molecule has 29 heavy (non-hydrogen) atoms. The molecule has 2 aromatic rings. The van der Waals surface area contributed by atoms with Gasteiger partial charge in [0, 0.05) is 25.6 Å². The van der Waals surface area contributed by atoms with E-state index in [2.05, 4.69) is 23.4 Å². The van der Waals surface area contributed by atoms with Crippen molar-refractivity contribution in [3.63, 3.8) is 0 Å². The fourth-order valence-corrected chi connectivity index (χ4v) is 5.41. The first-order valence-electron chi connectivity index (χ1n) is 9.90. The van der Waals surface area contributed by atoms with Crippen molar-refractivity contribution in [2.45, 2.75) is 37.8 Å². The SMILES string of the molecule is Cc1cccc2c1C(Cc1c(Cl)cnn1C)N(CC1CC3(CNC(=O)O3)C1)C2=O. The summed E-state index contributed by atoms with van der Waals surface area (Å²) < 4.78 is 7.23. The van der Waals surface area contributed by atoms with Crippen molar-refractivity contribution in [2.75, 3.05) is 13.1 Å². The van der Waals surface area contributed by atoms with E-state index in [1.165, 1.54) is 0 Å². The summed E-state index contributed by atoms with van der Waals surface area (Å²) in [7, 11) is 1.87. The second-order valence-corrected chi connectivity index (χ2v) is 8.88. The number of hydrogen-bond donors (Lipinski definition) is 1. The number of ether oxygens (including phenoxy) is 1. The fraction of sp³-hybridized carbons (Fsp3) is 0.476. The van der Waals surface area contributed by atoms with E-state index in [9.17, 15) is 9.59 Å². The van der Waals surface area contributed by atoms with E-state index in [1.54, 1.807) is 10.9 Å². The molecule has 2 aliphatic heterocycles. The van der Waals surface area contributed by atoms with Gasteiger partial charge in [0.05, 0.1) is 29.5 Å². The Kier molecular flexibility index (Phi) is 4.13. The minimum atomic E-state index is -0.381. The van der Waals surface area contributed by atoms with Gasteiger partial charge in [0.15, 0.2) is 0 Å². The number of halogens is 1. The Labute approximate surface area is 174 Å². The molecule has 5 rings (SSSR count). The quantitative estimate of drug-likeness (QED) is 0.834. The van der Waals surface area contributed by atoms with E-state index in [4.69, 9.17) is 16.3 Å². The molecule has 8 heteroatoms. The highest BCUT2D eigenvalue weighted by atomic mass is 35.5. The Morgan fingerprint density at radius 1 is 1.34 bits per heavy atom. The summed E-state index contributed by atoms with van der Waals surface area (Å²) >= 11 is 6.37. The van der Waals surface area contributed by atoms with Crippen LogP contribution < -0.4 is 5.32 Å². The third-order valence-corrected chi connectivity index (χ3v) is 6.88. The van der Waals surface area contributed by atoms with Crippen LogP contribution in [0, 0.1) is 12.8 Å². The number of alkyl carbamates (subject to hydrolysis) is 1. The Morgan fingerprint density at radius 2 is 2.14 bits per heavy atom. The van der Waals surface area contributed by atoms with Gasteiger partial charge >= 0.3 is 6.09 Å². The molecule has 1 spiro atoms. The standard InChI is InChI=1S/C21H23ClN4O3/c1-12-4-3-5-14-18(12)17(6-16-15(22)9-24-25(16)2)26(19(14)27)10-13-7-21(8-13)11-23-20(28)29-21/h3-5,9,13,17H,6-8,10-11H2,1-2H3,(H,23,28). The summed E-state index contributed by atoms with van der Waals surface area (Å²) in [6.07, 6.45) is 3.49. The number of benzene rings is 1. The van der Waals surface area contributed by atoms with Crippen molar-refractivity contribution in [3.05, 3.63) is 51.8 Å². The van der Waals surface area contributed by atoms with Gasteiger partial charge in [0.2, 0.25) is 0 Å². The van der Waals surface area contributed by atoms with Gasteiger partial charge in [-0.1, -0.05) is 23.7 Å². The zero-order valence-corrected chi connectivity index (χ0v) is 17.2. The number of fused-ring (bicyclic) bond motifs is 1. The third-order valence-electron chi connectivity index (χ3n) is 6.56. The van der Waals surface area contributed by atoms with Crippen molar-refractivity contribution in [3.8, 4) is 0 Å². The van der Waals surface area contributed by atoms with Crippen LogP contribution in [0.4, 0.5) is 4.79 Å². The number of amides is 2. The molecular weight excluding hydrogens is 392 g/mol. The minimum absolute atomic E-state index is 0.0643. The number of hydrogen-bond acceptors (Lipinski definition) is 4. The Hall–Kier alpha value is -2.54. The van der Waals surface area contributed by atoms with Crippen LogP contribution in [0.5, 0.6) is 0 Å². The average molecular weight is 415 g/mol. The molecule has 0 bridgehead atoms. The zero-order chi connectivity index (χ0) is 20.3. The maximum absolute atomic E-state index is 13.3. The van der Waals surface area contributed by atoms with E-state index >= 15 is 0 Å². The normalized spacial score (nSPS) is 27.8. The fourth-order valence-electron chi connectivity index (χ4n) is 5.16. The van der Waals surface area contributed by atoms with Crippen LogP contribution in [0.1, 0.15) is 46.1 Å². The molecule has 1 saturated carbocycles. The minimum Gasteiger partial charge on any atom is -0.441 e. The molecule has 2 fully saturated rings. The summed E-state index contributed by atoms with van der Waals surface area (Å²) in [6, 6.07) is 5.82. The van der Waals surface area contributed by atoms with Crippen molar-refractivity contribution in [1.82, 2.24) is 20.0 Å². The van der Waals surface area contributed by atoms with Gasteiger partial charge in [-0.25, -0.2) is 4.79 Å². The molecule has 1 N–H and O–H groups in total. The highest BCUT2D eigenvalue weighted by molar-refractivity contribution is 6.31. The molecule has 3 heterocycles. The Morgan fingerprint density at radius 3 is 2.79 bits per heavy atom. The van der Waals surface area contributed by atoms with Gasteiger partial charge in [-0.2, -0.15) is 5.10 Å². The van der Waals surface area contributed by atoms with Crippen molar-refractivity contribution < 1.29 is 14.3 Å². The number of carbonyl (C=O) groups excluding carboxylic acids is 2. The first-order valence-corrected chi connectivity index (χ1v) is 10.3. The molecule has 1 atom stereocenters. The second kappa shape index (κ2) is 6.49. The van der Waals surface area contributed by atoms with E-state index in [0.29, 0.717) is 30.5 Å². The number of nitrogens with one attached hydrogen (secondary N) is 1. The smallest absolute Gasteiger partial charge is 0.407 e. The van der Waals surface area contributed by atoms with Crippen LogP contribution in [0.15, 0.2) is 24.4 Å². The molecule has 7 nitrogen and oxygen atoms in total. The summed E-state index contributed by atoms with van der Waals surface area (Å²) in [6.45, 7) is 3.26. The molecule has 3 aliphatic rings. The molecule has 1 saturated heterocycles. The van der Waals surface area contributed by atoms with E-state index in [1.807, 2.05) is 24.1 Å². The lowest BCUT2D eigenvalue weighted by Gasteiger charge is -2.44. The van der Waals surface area contributed by atoms with Gasteiger partial charge in [-0.15, -0.1) is 0 Å². The largest absolute Gasteiger partial charge is 0.441 e. The lowest BCUT2D eigenvalue weighted by atomic mass is 9.70. The number of rotatable bonds is 4. The highest BCUT2D eigenvalue weighted by Crippen LogP contribution is 2.46. The van der Waals surface area contributed by atoms with E-state index in [-0.39, 0.29) is 23.6 Å². The molecule has 1 aliphatic carbocycles. The van der Waals surface area contributed by atoms with E-state index in [0.717, 1.165) is 35.2 Å². The molecule has 1 unspecified atom stereocenters. The maximum atomic E-state index is 13.3. The number of aryl methyl sites for hydroxylation is 2. The molecule has 1 aromatic heterocycles. The van der Waals surface area contributed by atoms with Crippen LogP contribution in [0.25, 0.3) is 0 Å². The Bertz CT molecular complexity index is 992. The van der Waals surface area contributed by atoms with Crippen molar-refractivity contribution >= 4 is 23.6 Å². The topological polar surface area (TPSA) is 76.5 Å². The second-order valence-electron chi connectivity index (χ2n) is 8.48. The summed E-state index contributed by atoms with van der Waals surface area (Å²) in [4.78, 5) is 26.7. The third kappa shape index (κ3) is 2.90. The van der Waals surface area contributed by atoms with Gasteiger partial charge in [-0.05, 0) is 42.9 Å². The van der Waals surface area contributed by atoms with Crippen LogP contribution in [-0.4, -0.2) is 45.4 Å². The van der Waals surface area contributed by atoms with Gasteiger partial charge in [0.25, 0.3) is 5.91 Å². The lowest BCUT2D eigenvalue weighted by molar-refractivity contribution is -0.0555. The zero-order valence-electron chi connectivity index (χ0n) is 16.4. The first-order chi connectivity index (χ1) is 13.9. The van der Waals surface area contributed by atoms with Crippen LogP contribution >= 0.6 is 11.6 Å². The monoisotopic (exact) mass is 414 g/mol. The predicted molar refractivity (Wildman–Crippen MR) is 107 cm³/mol. The summed E-state index contributed by atoms with van der Waals surface area (Å²) in [5.74, 6) is 0.375. The highest BCUT2D eigenvalue weighted by Gasteiger charge is 2.52. The molecule has 1 aromatic carbocycles. The van der Waals surface area contributed by atoms with Crippen LogP contribution in [0.3, 0.4) is 0 Å². The molecular formula is C21H23ClN4O3. The van der Waals surface area contributed by atoms with Crippen molar-refractivity contribution in [2.24, 2.45) is 13.0 Å². The van der Waals surface area contributed by atoms with Gasteiger partial charge in [0.1, 0.15) is 5.60 Å². The molecule has 152 valence electrons. The number of carbonyl (C=O) groups is 2. The molecule has 2 amide bonds. The number of nitrogens with zero attached hydrogens (tertiary/aromatic N) is 3. The number of aromatic nitrogens is 2. The average Bonchev–Trinajstić information content (AvgIpc) is 3.28.